The Morgan fingerprint density at radius 2 is 1.89 bits per heavy atom. The lowest BCUT2D eigenvalue weighted by Gasteiger charge is -2.31. The number of rotatable bonds is 10. The van der Waals surface area contributed by atoms with E-state index in [1.54, 1.807) is 11.7 Å². The molecule has 1 aliphatic rings. The van der Waals surface area contributed by atoms with E-state index in [4.69, 9.17) is 9.72 Å². The highest BCUT2D eigenvalue weighted by Crippen LogP contribution is 2.30. The molecule has 1 atom stereocenters. The molecule has 6 nitrogen and oxygen atoms in total. The molecule has 0 saturated heterocycles. The van der Waals surface area contributed by atoms with Gasteiger partial charge in [0.1, 0.15) is 5.82 Å². The summed E-state index contributed by atoms with van der Waals surface area (Å²) >= 11 is 0. The van der Waals surface area contributed by atoms with Gasteiger partial charge in [0.05, 0.1) is 22.6 Å². The van der Waals surface area contributed by atoms with E-state index in [2.05, 4.69) is 6.92 Å². The van der Waals surface area contributed by atoms with E-state index in [-0.39, 0.29) is 17.5 Å². The third-order valence-electron chi connectivity index (χ3n) is 7.70. The molecule has 2 aromatic carbocycles. The minimum absolute atomic E-state index is 0.110. The van der Waals surface area contributed by atoms with Gasteiger partial charge in [-0.3, -0.25) is 14.2 Å². The van der Waals surface area contributed by atoms with Crippen LogP contribution in [0.4, 0.5) is 0 Å². The van der Waals surface area contributed by atoms with Gasteiger partial charge < -0.3 is 9.64 Å². The van der Waals surface area contributed by atoms with Gasteiger partial charge in [-0.25, -0.2) is 4.98 Å². The first-order chi connectivity index (χ1) is 17.4. The van der Waals surface area contributed by atoms with Crippen molar-refractivity contribution in [1.82, 2.24) is 14.5 Å². The minimum atomic E-state index is -0.364. The summed E-state index contributed by atoms with van der Waals surface area (Å²) in [5.74, 6) is 1.37. The summed E-state index contributed by atoms with van der Waals surface area (Å²) in [6.07, 6.45) is 7.20. The summed E-state index contributed by atoms with van der Waals surface area (Å²) in [7, 11) is 1.68. The first-order valence-corrected chi connectivity index (χ1v) is 13.3. The first-order valence-electron chi connectivity index (χ1n) is 13.3. The molecule has 1 fully saturated rings. The summed E-state index contributed by atoms with van der Waals surface area (Å²) in [6, 6.07) is 13.1. The lowest BCUT2D eigenvalue weighted by molar-refractivity contribution is -0.134. The topological polar surface area (TPSA) is 64.4 Å². The zero-order valence-corrected chi connectivity index (χ0v) is 22.1. The molecule has 1 unspecified atom stereocenters. The van der Waals surface area contributed by atoms with Gasteiger partial charge in [0, 0.05) is 26.7 Å². The predicted molar refractivity (Wildman–Crippen MR) is 145 cm³/mol. The van der Waals surface area contributed by atoms with Crippen LogP contribution in [0.25, 0.3) is 16.6 Å². The normalized spacial score (nSPS) is 14.9. The molecular weight excluding hydrogens is 450 g/mol. The Labute approximate surface area is 214 Å². The Hall–Kier alpha value is -2.99. The molecule has 1 amide bonds. The molecule has 0 aliphatic heterocycles. The van der Waals surface area contributed by atoms with Crippen LogP contribution in [-0.4, -0.2) is 40.6 Å². The SMILES string of the molecule is COCCCN(C(=O)CCC1CCCC1)C(C)c1nc2ccccc2c(=O)n1-c1ccc(C)c(C)c1. The number of hydrogen-bond donors (Lipinski definition) is 0. The third kappa shape index (κ3) is 5.70. The van der Waals surface area contributed by atoms with Crippen LogP contribution in [0.15, 0.2) is 47.3 Å². The van der Waals surface area contributed by atoms with Crippen molar-refractivity contribution in [2.75, 3.05) is 20.3 Å². The molecule has 0 radical (unpaired) electrons. The summed E-state index contributed by atoms with van der Waals surface area (Å²) in [6.45, 7) is 7.24. The molecule has 3 aromatic rings. The van der Waals surface area contributed by atoms with Crippen LogP contribution in [0.2, 0.25) is 0 Å². The Morgan fingerprint density at radius 1 is 1.14 bits per heavy atom. The van der Waals surface area contributed by atoms with Crippen molar-refractivity contribution in [3.8, 4) is 5.69 Å². The van der Waals surface area contributed by atoms with Gasteiger partial charge in [0.2, 0.25) is 5.91 Å². The maximum Gasteiger partial charge on any atom is 0.266 e. The van der Waals surface area contributed by atoms with Crippen molar-refractivity contribution < 1.29 is 9.53 Å². The van der Waals surface area contributed by atoms with Crippen LogP contribution in [-0.2, 0) is 9.53 Å². The van der Waals surface area contributed by atoms with Crippen molar-refractivity contribution in [3.63, 3.8) is 0 Å². The quantitative estimate of drug-likeness (QED) is 0.333. The first kappa shape index (κ1) is 26.1. The van der Waals surface area contributed by atoms with Gasteiger partial charge in [-0.15, -0.1) is 0 Å². The Balaban J connectivity index is 1.76. The standard InChI is InChI=1S/C30H39N3O3/c1-21-14-16-25(20-22(21)2)33-29(31-27-13-8-7-12-26(27)30(33)35)23(3)32(18-9-19-36-4)28(34)17-15-24-10-5-6-11-24/h7-8,12-14,16,20,23-24H,5-6,9-11,15,17-19H2,1-4H3. The maximum atomic E-state index is 13.8. The van der Waals surface area contributed by atoms with Gasteiger partial charge in [-0.1, -0.05) is 43.9 Å². The van der Waals surface area contributed by atoms with Crippen LogP contribution in [0.1, 0.15) is 74.9 Å². The number of nitrogens with zero attached hydrogens (tertiary/aromatic N) is 3. The molecule has 4 rings (SSSR count). The number of carbonyl (C=O) groups is 1. The molecule has 0 bridgehead atoms. The summed E-state index contributed by atoms with van der Waals surface area (Å²) in [5, 5.41) is 0.574. The monoisotopic (exact) mass is 489 g/mol. The molecule has 1 aliphatic carbocycles. The van der Waals surface area contributed by atoms with E-state index in [0.29, 0.717) is 42.2 Å². The second-order valence-corrected chi connectivity index (χ2v) is 10.2. The fourth-order valence-corrected chi connectivity index (χ4v) is 5.37. The number of benzene rings is 2. The molecule has 0 N–H and O–H groups in total. The van der Waals surface area contributed by atoms with E-state index in [9.17, 15) is 9.59 Å². The number of aromatic nitrogens is 2. The van der Waals surface area contributed by atoms with E-state index < -0.39 is 0 Å². The van der Waals surface area contributed by atoms with Gasteiger partial charge >= 0.3 is 0 Å². The highest BCUT2D eigenvalue weighted by atomic mass is 16.5. The summed E-state index contributed by atoms with van der Waals surface area (Å²) in [5.41, 5.74) is 3.59. The second kappa shape index (κ2) is 11.8. The average Bonchev–Trinajstić information content (AvgIpc) is 3.40. The van der Waals surface area contributed by atoms with Crippen LogP contribution < -0.4 is 5.56 Å². The molecule has 36 heavy (non-hydrogen) atoms. The van der Waals surface area contributed by atoms with E-state index >= 15 is 0 Å². The fourth-order valence-electron chi connectivity index (χ4n) is 5.37. The number of para-hydroxylation sites is 1. The third-order valence-corrected chi connectivity index (χ3v) is 7.70. The number of hydrogen-bond acceptors (Lipinski definition) is 4. The lowest BCUT2D eigenvalue weighted by atomic mass is 10.0. The Bertz CT molecular complexity index is 1260. The number of aryl methyl sites for hydroxylation is 2. The second-order valence-electron chi connectivity index (χ2n) is 10.2. The fraction of sp³-hybridized carbons (Fsp3) is 0.500. The van der Waals surface area contributed by atoms with Crippen molar-refractivity contribution in [1.29, 1.82) is 0 Å². The molecule has 1 aromatic heterocycles. The number of methoxy groups -OCH3 is 1. The summed E-state index contributed by atoms with van der Waals surface area (Å²) in [4.78, 5) is 34.3. The summed E-state index contributed by atoms with van der Waals surface area (Å²) < 4.78 is 6.99. The molecule has 192 valence electrons. The number of carbonyl (C=O) groups excluding carboxylic acids is 1. The van der Waals surface area contributed by atoms with Crippen molar-refractivity contribution in [2.45, 2.75) is 71.8 Å². The van der Waals surface area contributed by atoms with Gasteiger partial charge in [-0.2, -0.15) is 0 Å². The Kier molecular flexibility index (Phi) is 8.57. The smallest absolute Gasteiger partial charge is 0.266 e. The molecule has 6 heteroatoms. The average molecular weight is 490 g/mol. The van der Waals surface area contributed by atoms with E-state index in [0.717, 1.165) is 24.1 Å². The number of ether oxygens (including phenoxy) is 1. The number of fused-ring (bicyclic) bond motifs is 1. The highest BCUT2D eigenvalue weighted by Gasteiger charge is 2.27. The molecule has 0 spiro atoms. The van der Waals surface area contributed by atoms with E-state index in [1.807, 2.05) is 61.2 Å². The van der Waals surface area contributed by atoms with Crippen LogP contribution in [0.5, 0.6) is 0 Å². The maximum absolute atomic E-state index is 13.8. The van der Waals surface area contributed by atoms with Crippen molar-refractivity contribution in [2.24, 2.45) is 5.92 Å². The number of amides is 1. The van der Waals surface area contributed by atoms with Gasteiger partial charge in [-0.05, 0) is 74.9 Å². The lowest BCUT2D eigenvalue weighted by Crippen LogP contribution is -2.38. The zero-order valence-electron chi connectivity index (χ0n) is 22.1. The van der Waals surface area contributed by atoms with Crippen LogP contribution in [0.3, 0.4) is 0 Å². The predicted octanol–water partition coefficient (Wildman–Crippen LogP) is 5.90. The largest absolute Gasteiger partial charge is 0.385 e. The Morgan fingerprint density at radius 3 is 2.61 bits per heavy atom. The highest BCUT2D eigenvalue weighted by molar-refractivity contribution is 5.79. The molecule has 1 heterocycles. The van der Waals surface area contributed by atoms with Crippen LogP contribution >= 0.6 is 0 Å². The van der Waals surface area contributed by atoms with E-state index in [1.165, 1.54) is 31.2 Å². The van der Waals surface area contributed by atoms with Gasteiger partial charge in [0.25, 0.3) is 5.56 Å². The zero-order chi connectivity index (χ0) is 25.7. The van der Waals surface area contributed by atoms with Crippen molar-refractivity contribution in [3.05, 3.63) is 69.8 Å². The molecular formula is C30H39N3O3. The minimum Gasteiger partial charge on any atom is -0.385 e. The van der Waals surface area contributed by atoms with Crippen LogP contribution in [0, 0.1) is 19.8 Å². The van der Waals surface area contributed by atoms with Crippen molar-refractivity contribution >= 4 is 16.8 Å². The van der Waals surface area contributed by atoms with Gasteiger partial charge in [0.15, 0.2) is 0 Å². The molecule has 1 saturated carbocycles.